The largest absolute Gasteiger partial charge is 0.398 e. The summed E-state index contributed by atoms with van der Waals surface area (Å²) in [7, 11) is 0. The highest BCUT2D eigenvalue weighted by Gasteiger charge is 2.25. The number of rotatable bonds is 1. The summed E-state index contributed by atoms with van der Waals surface area (Å²) < 4.78 is 1.97. The second-order valence-corrected chi connectivity index (χ2v) is 7.20. The third-order valence-corrected chi connectivity index (χ3v) is 4.42. The van der Waals surface area contributed by atoms with Crippen molar-refractivity contribution in [3.05, 3.63) is 40.2 Å². The highest BCUT2D eigenvalue weighted by atomic mass is 16.2. The lowest BCUT2D eigenvalue weighted by atomic mass is 10.0. The zero-order chi connectivity index (χ0) is 17.5. The lowest BCUT2D eigenvalue weighted by Gasteiger charge is -2.30. The standard InChI is InChI=1S/C18H24N4O2/c1-18(2,3)22-11-12(17(24)21-9-7-20-8-10-21)16(23)15-13(19)5-4-6-14(15)22/h4-6,11,20H,7-10,19H2,1-3H3. The van der Waals surface area contributed by atoms with Crippen LogP contribution in [0.3, 0.4) is 0 Å². The average Bonchev–Trinajstić information content (AvgIpc) is 2.54. The summed E-state index contributed by atoms with van der Waals surface area (Å²) in [5.74, 6) is -0.218. The molecule has 6 nitrogen and oxygen atoms in total. The van der Waals surface area contributed by atoms with Gasteiger partial charge in [-0.15, -0.1) is 0 Å². The Kier molecular flexibility index (Phi) is 4.09. The molecule has 2 aromatic rings. The molecule has 0 aliphatic carbocycles. The Morgan fingerprint density at radius 1 is 1.21 bits per heavy atom. The highest BCUT2D eigenvalue weighted by molar-refractivity contribution is 6.00. The molecule has 0 atom stereocenters. The molecule has 1 saturated heterocycles. The van der Waals surface area contributed by atoms with Gasteiger partial charge in [0.25, 0.3) is 5.91 Å². The molecule has 0 spiro atoms. The number of carbonyl (C=O) groups is 1. The summed E-state index contributed by atoms with van der Waals surface area (Å²) in [6, 6.07) is 5.41. The van der Waals surface area contributed by atoms with Crippen LogP contribution < -0.4 is 16.5 Å². The number of aromatic nitrogens is 1. The summed E-state index contributed by atoms with van der Waals surface area (Å²) in [5, 5.41) is 3.64. The molecule has 1 amide bonds. The van der Waals surface area contributed by atoms with E-state index in [0.717, 1.165) is 18.6 Å². The first kappa shape index (κ1) is 16.5. The molecule has 0 saturated carbocycles. The molecule has 2 heterocycles. The molecule has 1 fully saturated rings. The molecule has 1 aromatic heterocycles. The summed E-state index contributed by atoms with van der Waals surface area (Å²) in [4.78, 5) is 27.6. The number of nitrogen functional groups attached to an aromatic ring is 1. The molecular formula is C18H24N4O2. The molecule has 0 unspecified atom stereocenters. The van der Waals surface area contributed by atoms with Gasteiger partial charge in [0.15, 0.2) is 0 Å². The zero-order valence-electron chi connectivity index (χ0n) is 14.4. The van der Waals surface area contributed by atoms with Gasteiger partial charge >= 0.3 is 0 Å². The van der Waals surface area contributed by atoms with Crippen molar-refractivity contribution in [3.63, 3.8) is 0 Å². The van der Waals surface area contributed by atoms with E-state index < -0.39 is 0 Å². The first-order chi connectivity index (χ1) is 11.3. The first-order valence-electron chi connectivity index (χ1n) is 8.25. The van der Waals surface area contributed by atoms with E-state index in [1.807, 2.05) is 37.5 Å². The number of pyridine rings is 1. The van der Waals surface area contributed by atoms with Crippen LogP contribution in [-0.4, -0.2) is 41.6 Å². The van der Waals surface area contributed by atoms with Crippen LogP contribution >= 0.6 is 0 Å². The van der Waals surface area contributed by atoms with Crippen molar-refractivity contribution in [3.8, 4) is 0 Å². The Morgan fingerprint density at radius 2 is 1.88 bits per heavy atom. The molecule has 1 aliphatic heterocycles. The maximum atomic E-state index is 13.0. The minimum Gasteiger partial charge on any atom is -0.398 e. The van der Waals surface area contributed by atoms with Gasteiger partial charge in [-0.25, -0.2) is 0 Å². The van der Waals surface area contributed by atoms with Gasteiger partial charge in [0, 0.05) is 43.6 Å². The van der Waals surface area contributed by atoms with Gasteiger partial charge in [0.2, 0.25) is 5.43 Å². The number of amides is 1. The molecule has 0 radical (unpaired) electrons. The molecule has 1 aromatic carbocycles. The smallest absolute Gasteiger partial charge is 0.259 e. The molecule has 128 valence electrons. The van der Waals surface area contributed by atoms with E-state index >= 15 is 0 Å². The van der Waals surface area contributed by atoms with E-state index in [4.69, 9.17) is 5.73 Å². The number of hydrogen-bond donors (Lipinski definition) is 2. The molecule has 3 rings (SSSR count). The quantitative estimate of drug-likeness (QED) is 0.775. The summed E-state index contributed by atoms with van der Waals surface area (Å²) in [6.07, 6.45) is 1.69. The lowest BCUT2D eigenvalue weighted by Crippen LogP contribution is -2.47. The summed E-state index contributed by atoms with van der Waals surface area (Å²) in [5.41, 5.74) is 6.86. The van der Waals surface area contributed by atoms with Gasteiger partial charge in [-0.1, -0.05) is 6.07 Å². The van der Waals surface area contributed by atoms with Crippen LogP contribution in [0, 0.1) is 0 Å². The Morgan fingerprint density at radius 3 is 2.50 bits per heavy atom. The fourth-order valence-corrected chi connectivity index (χ4v) is 3.14. The molecular weight excluding hydrogens is 304 g/mol. The number of fused-ring (bicyclic) bond motifs is 1. The van der Waals surface area contributed by atoms with Gasteiger partial charge in [-0.2, -0.15) is 0 Å². The Hall–Kier alpha value is -2.34. The molecule has 1 aliphatic rings. The average molecular weight is 328 g/mol. The van der Waals surface area contributed by atoms with Crippen LogP contribution in [-0.2, 0) is 5.54 Å². The Balaban J connectivity index is 2.25. The van der Waals surface area contributed by atoms with Crippen LogP contribution in [0.1, 0.15) is 31.1 Å². The molecule has 0 bridgehead atoms. The van der Waals surface area contributed by atoms with E-state index in [1.54, 1.807) is 17.2 Å². The number of benzene rings is 1. The van der Waals surface area contributed by atoms with Gasteiger partial charge in [-0.05, 0) is 32.9 Å². The van der Waals surface area contributed by atoms with E-state index in [0.29, 0.717) is 24.2 Å². The van der Waals surface area contributed by atoms with E-state index in [1.165, 1.54) is 0 Å². The zero-order valence-corrected chi connectivity index (χ0v) is 14.4. The van der Waals surface area contributed by atoms with Crippen molar-refractivity contribution in [2.45, 2.75) is 26.3 Å². The monoisotopic (exact) mass is 328 g/mol. The van der Waals surface area contributed by atoms with Crippen molar-refractivity contribution in [2.75, 3.05) is 31.9 Å². The number of nitrogens with zero attached hydrogens (tertiary/aromatic N) is 2. The number of carbonyl (C=O) groups excluding carboxylic acids is 1. The number of nitrogens with two attached hydrogens (primary N) is 1. The number of piperazine rings is 1. The number of anilines is 1. The van der Waals surface area contributed by atoms with Crippen LogP contribution in [0.4, 0.5) is 5.69 Å². The topological polar surface area (TPSA) is 80.4 Å². The molecule has 3 N–H and O–H groups in total. The third kappa shape index (κ3) is 2.78. The maximum absolute atomic E-state index is 13.0. The van der Waals surface area contributed by atoms with Crippen LogP contribution in [0.15, 0.2) is 29.2 Å². The lowest BCUT2D eigenvalue weighted by molar-refractivity contribution is 0.0733. The molecule has 24 heavy (non-hydrogen) atoms. The Bertz CT molecular complexity index is 842. The summed E-state index contributed by atoms with van der Waals surface area (Å²) in [6.45, 7) is 8.83. The van der Waals surface area contributed by atoms with Gasteiger partial charge in [0.05, 0.1) is 10.9 Å². The predicted molar refractivity (Wildman–Crippen MR) is 96.4 cm³/mol. The fraction of sp³-hybridized carbons (Fsp3) is 0.444. The maximum Gasteiger partial charge on any atom is 0.259 e. The minimum atomic E-state index is -0.285. The number of hydrogen-bond acceptors (Lipinski definition) is 4. The SMILES string of the molecule is CC(C)(C)n1cc(C(=O)N2CCNCC2)c(=O)c2c(N)cccc21. The van der Waals surface area contributed by atoms with Crippen LogP contribution in [0.25, 0.3) is 10.9 Å². The van der Waals surface area contributed by atoms with Gasteiger partial charge in [0.1, 0.15) is 5.56 Å². The van der Waals surface area contributed by atoms with Crippen molar-refractivity contribution in [2.24, 2.45) is 0 Å². The minimum absolute atomic E-state index is 0.192. The summed E-state index contributed by atoms with van der Waals surface area (Å²) >= 11 is 0. The van der Waals surface area contributed by atoms with Gasteiger partial charge < -0.3 is 20.5 Å². The predicted octanol–water partition coefficient (Wildman–Crippen LogP) is 1.38. The van der Waals surface area contributed by atoms with Crippen molar-refractivity contribution < 1.29 is 4.79 Å². The first-order valence-corrected chi connectivity index (χ1v) is 8.25. The highest BCUT2D eigenvalue weighted by Crippen LogP contribution is 2.25. The Labute approximate surface area is 141 Å². The van der Waals surface area contributed by atoms with Crippen molar-refractivity contribution in [1.29, 1.82) is 0 Å². The van der Waals surface area contributed by atoms with Crippen LogP contribution in [0.5, 0.6) is 0 Å². The fourth-order valence-electron chi connectivity index (χ4n) is 3.14. The van der Waals surface area contributed by atoms with Crippen molar-refractivity contribution in [1.82, 2.24) is 14.8 Å². The third-order valence-electron chi connectivity index (χ3n) is 4.42. The van der Waals surface area contributed by atoms with E-state index in [-0.39, 0.29) is 22.4 Å². The van der Waals surface area contributed by atoms with E-state index in [9.17, 15) is 9.59 Å². The second kappa shape index (κ2) is 5.94. The number of nitrogens with one attached hydrogen (secondary N) is 1. The normalized spacial score (nSPS) is 15.7. The van der Waals surface area contributed by atoms with E-state index in [2.05, 4.69) is 5.32 Å². The van der Waals surface area contributed by atoms with Gasteiger partial charge in [-0.3, -0.25) is 9.59 Å². The second-order valence-electron chi connectivity index (χ2n) is 7.20. The molecule has 6 heteroatoms. The van der Waals surface area contributed by atoms with Crippen LogP contribution in [0.2, 0.25) is 0 Å². The van der Waals surface area contributed by atoms with Crippen molar-refractivity contribution >= 4 is 22.5 Å².